The Morgan fingerprint density at radius 3 is 2.66 bits per heavy atom. The maximum Gasteiger partial charge on any atom is 0.344 e. The van der Waals surface area contributed by atoms with Crippen LogP contribution >= 0.6 is 39.0 Å². The monoisotopic (exact) mass is 539 g/mol. The van der Waals surface area contributed by atoms with Crippen LogP contribution in [0.5, 0.6) is 11.5 Å². The molecule has 8 nitrogen and oxygen atoms in total. The van der Waals surface area contributed by atoms with Crippen molar-refractivity contribution >= 4 is 61.9 Å². The summed E-state index contributed by atoms with van der Waals surface area (Å²) in [6.45, 7) is 5.94. The van der Waals surface area contributed by atoms with E-state index < -0.39 is 11.9 Å². The number of rotatable bonds is 9. The van der Waals surface area contributed by atoms with Gasteiger partial charge in [0.15, 0.2) is 23.9 Å². The largest absolute Gasteiger partial charge is 0.490 e. The molecule has 1 aliphatic rings. The molecule has 1 fully saturated rings. The number of carbonyl (C=O) groups is 2. The van der Waals surface area contributed by atoms with Crippen molar-refractivity contribution in [3.05, 3.63) is 37.1 Å². The van der Waals surface area contributed by atoms with Gasteiger partial charge >= 0.3 is 5.97 Å². The molecule has 0 amide bonds. The average Bonchev–Trinajstić information content (AvgIpc) is 3.31. The van der Waals surface area contributed by atoms with Crippen LogP contribution in [-0.4, -0.2) is 46.8 Å². The summed E-state index contributed by atoms with van der Waals surface area (Å²) in [5, 5.41) is 18.1. The fourth-order valence-corrected chi connectivity index (χ4v) is 5.43. The molecule has 1 aromatic carbocycles. The predicted octanol–water partition coefficient (Wildman–Crippen LogP) is 4.62. The Hall–Kier alpha value is -2.24. The van der Waals surface area contributed by atoms with Gasteiger partial charge in [-0.25, -0.2) is 4.79 Å². The minimum atomic E-state index is -0.703. The molecule has 1 aliphatic heterocycles. The number of allylic oxidation sites excluding steroid dienone is 1. The summed E-state index contributed by atoms with van der Waals surface area (Å²) in [6, 6.07) is 3.49. The Morgan fingerprint density at radius 1 is 1.22 bits per heavy atom. The number of nitrogens with one attached hydrogen (secondary N) is 1. The van der Waals surface area contributed by atoms with Crippen molar-refractivity contribution in [1.29, 1.82) is 5.41 Å². The van der Waals surface area contributed by atoms with E-state index in [1.54, 1.807) is 25.1 Å². The zero-order chi connectivity index (χ0) is 23.3. The van der Waals surface area contributed by atoms with Crippen molar-refractivity contribution in [2.24, 2.45) is 0 Å². The van der Waals surface area contributed by atoms with Crippen molar-refractivity contribution < 1.29 is 23.8 Å². The van der Waals surface area contributed by atoms with Crippen LogP contribution in [0, 0.1) is 5.41 Å². The van der Waals surface area contributed by atoms with Crippen LogP contribution in [0.25, 0.3) is 6.08 Å². The Kier molecular flexibility index (Phi) is 8.44. The molecule has 3 rings (SSSR count). The van der Waals surface area contributed by atoms with Crippen molar-refractivity contribution in [3.63, 3.8) is 0 Å². The van der Waals surface area contributed by atoms with Crippen LogP contribution in [-0.2, 0) is 20.7 Å². The number of aryl methyl sites for hydroxylation is 1. The van der Waals surface area contributed by atoms with Crippen molar-refractivity contribution in [2.45, 2.75) is 33.1 Å². The van der Waals surface area contributed by atoms with E-state index in [4.69, 9.17) is 19.6 Å². The second-order valence-corrected chi connectivity index (χ2v) is 9.55. The van der Waals surface area contributed by atoms with Gasteiger partial charge in [-0.05, 0) is 60.0 Å². The van der Waals surface area contributed by atoms with Gasteiger partial charge < -0.3 is 14.2 Å². The number of Topliss-reactive ketones (excluding diaryl/α,β-unsaturated/α-hetero) is 1. The molecule has 0 bridgehead atoms. The summed E-state index contributed by atoms with van der Waals surface area (Å²) in [7, 11) is 0. The number of carbonyl (C=O) groups excluding carboxylic acids is 2. The smallest absolute Gasteiger partial charge is 0.344 e. The number of esters is 1. The molecule has 0 aliphatic carbocycles. The molecule has 1 atom stereocenters. The molecule has 0 saturated carbocycles. The molecule has 0 radical (unpaired) electrons. The lowest BCUT2D eigenvalue weighted by molar-refractivity contribution is -0.145. The van der Waals surface area contributed by atoms with E-state index in [-0.39, 0.29) is 24.0 Å². The van der Waals surface area contributed by atoms with Gasteiger partial charge in [0.1, 0.15) is 15.9 Å². The number of halogens is 1. The van der Waals surface area contributed by atoms with Crippen LogP contribution in [0.15, 0.2) is 21.5 Å². The Balaban J connectivity index is 1.86. The van der Waals surface area contributed by atoms with E-state index in [9.17, 15) is 9.59 Å². The maximum atomic E-state index is 13.0. The highest BCUT2D eigenvalue weighted by Crippen LogP contribution is 2.43. The second kappa shape index (κ2) is 11.1. The van der Waals surface area contributed by atoms with Gasteiger partial charge in [0.05, 0.1) is 27.6 Å². The summed E-state index contributed by atoms with van der Waals surface area (Å²) in [4.78, 5) is 25.1. The molecule has 0 spiro atoms. The normalized spacial score (nSPS) is 17.1. The van der Waals surface area contributed by atoms with E-state index in [0.717, 1.165) is 23.2 Å². The van der Waals surface area contributed by atoms with Gasteiger partial charge in [0, 0.05) is 0 Å². The molecule has 1 aromatic heterocycles. The zero-order valence-electron chi connectivity index (χ0n) is 17.8. The molecule has 1 N–H and O–H groups in total. The Morgan fingerprint density at radius 2 is 2.00 bits per heavy atom. The molecular formula is C21H22BrN3O5S2. The minimum absolute atomic E-state index is 0.171. The van der Waals surface area contributed by atoms with Crippen LogP contribution in [0.1, 0.15) is 42.3 Å². The van der Waals surface area contributed by atoms with Gasteiger partial charge in [-0.1, -0.05) is 18.7 Å². The third kappa shape index (κ3) is 5.57. The molecule has 2 heterocycles. The summed E-state index contributed by atoms with van der Waals surface area (Å²) < 4.78 is 16.7. The standard InChI is InChI=1S/C21H22BrN3O5S2/c1-4-15-24-25-21(32-15)17-18(27)14(31-20(17)23)9-11-7-12(22)19(13(8-11)28-5-2)30-10-16(26)29-6-3/h7-9,17,23H,4-6,10H2,1-3H3/b14-9-,23-20?/t17-/m1/s1. The van der Waals surface area contributed by atoms with Crippen LogP contribution in [0.2, 0.25) is 0 Å². The minimum Gasteiger partial charge on any atom is -0.490 e. The lowest BCUT2D eigenvalue weighted by Gasteiger charge is -2.14. The van der Waals surface area contributed by atoms with E-state index in [0.29, 0.717) is 38.1 Å². The summed E-state index contributed by atoms with van der Waals surface area (Å²) in [5.74, 6) is -0.550. The van der Waals surface area contributed by atoms with Gasteiger partial charge in [-0.15, -0.1) is 21.5 Å². The van der Waals surface area contributed by atoms with E-state index in [2.05, 4.69) is 26.1 Å². The fraction of sp³-hybridized carbons (Fsp3) is 0.381. The van der Waals surface area contributed by atoms with Gasteiger partial charge in [-0.3, -0.25) is 10.2 Å². The Labute approximate surface area is 202 Å². The topological polar surface area (TPSA) is 111 Å². The number of nitrogens with zero attached hydrogens (tertiary/aromatic N) is 2. The lowest BCUT2D eigenvalue weighted by Crippen LogP contribution is -2.15. The first kappa shape index (κ1) is 24.4. The predicted molar refractivity (Wildman–Crippen MR) is 128 cm³/mol. The fourth-order valence-electron chi connectivity index (χ4n) is 2.90. The molecule has 11 heteroatoms. The van der Waals surface area contributed by atoms with E-state index in [1.807, 2.05) is 13.8 Å². The number of aromatic nitrogens is 2. The first-order valence-electron chi connectivity index (χ1n) is 9.97. The lowest BCUT2D eigenvalue weighted by atomic mass is 10.0. The van der Waals surface area contributed by atoms with Crippen molar-refractivity contribution in [3.8, 4) is 11.5 Å². The van der Waals surface area contributed by atoms with Crippen LogP contribution in [0.4, 0.5) is 0 Å². The van der Waals surface area contributed by atoms with Gasteiger partial charge in [0.2, 0.25) is 0 Å². The number of hydrogen-bond donors (Lipinski definition) is 1. The first-order valence-corrected chi connectivity index (χ1v) is 12.4. The highest BCUT2D eigenvalue weighted by molar-refractivity contribution is 9.10. The first-order chi connectivity index (χ1) is 15.4. The molecule has 170 valence electrons. The van der Waals surface area contributed by atoms with Crippen LogP contribution < -0.4 is 9.47 Å². The highest BCUT2D eigenvalue weighted by Gasteiger charge is 2.39. The van der Waals surface area contributed by atoms with Crippen LogP contribution in [0.3, 0.4) is 0 Å². The molecule has 32 heavy (non-hydrogen) atoms. The highest BCUT2D eigenvalue weighted by atomic mass is 79.9. The molecule has 1 saturated heterocycles. The Bertz CT molecular complexity index is 1070. The van der Waals surface area contributed by atoms with Gasteiger partial charge in [0.25, 0.3) is 0 Å². The van der Waals surface area contributed by atoms with Gasteiger partial charge in [-0.2, -0.15) is 0 Å². The number of ketones is 1. The molecule has 0 unspecified atom stereocenters. The molecular weight excluding hydrogens is 518 g/mol. The number of ether oxygens (including phenoxy) is 3. The summed E-state index contributed by atoms with van der Waals surface area (Å²) >= 11 is 5.94. The maximum absolute atomic E-state index is 13.0. The van der Waals surface area contributed by atoms with Crippen molar-refractivity contribution in [2.75, 3.05) is 19.8 Å². The summed E-state index contributed by atoms with van der Waals surface area (Å²) in [5.41, 5.74) is 0.694. The number of hydrogen-bond acceptors (Lipinski definition) is 10. The third-order valence-electron chi connectivity index (χ3n) is 4.29. The summed E-state index contributed by atoms with van der Waals surface area (Å²) in [6.07, 6.45) is 2.45. The SMILES string of the molecule is CCOC(=O)COc1c(Br)cc(/C=C2\SC(=N)[C@H](c3nnc(CC)s3)C2=O)cc1OCC. The van der Waals surface area contributed by atoms with Crippen molar-refractivity contribution in [1.82, 2.24) is 10.2 Å². The zero-order valence-corrected chi connectivity index (χ0v) is 21.0. The molecule has 2 aromatic rings. The third-order valence-corrected chi connectivity index (χ3v) is 7.00. The number of thioether (sulfide) groups is 1. The number of benzene rings is 1. The average molecular weight is 540 g/mol. The van der Waals surface area contributed by atoms with E-state index in [1.165, 1.54) is 11.3 Å². The quantitative estimate of drug-likeness (QED) is 0.362. The van der Waals surface area contributed by atoms with E-state index >= 15 is 0 Å². The second-order valence-electron chi connectivity index (χ2n) is 6.52.